The number of amides is 3. The van der Waals surface area contributed by atoms with Crippen molar-refractivity contribution in [1.82, 2.24) is 20.0 Å². The molecule has 3 atom stereocenters. The molecule has 3 saturated heterocycles. The summed E-state index contributed by atoms with van der Waals surface area (Å²) in [5.74, 6) is -0.917. The minimum atomic E-state index is -0.534. The van der Waals surface area contributed by atoms with Crippen LogP contribution in [0.4, 0.5) is 0 Å². The van der Waals surface area contributed by atoms with E-state index in [1.807, 2.05) is 91.5 Å². The van der Waals surface area contributed by atoms with Gasteiger partial charge in [0.15, 0.2) is 0 Å². The van der Waals surface area contributed by atoms with E-state index >= 15 is 0 Å². The SMILES string of the molecule is C[C@@H]1[C@@H](C(=O)N2C(=O)CC(C)(C)N2Cc2ccccc2)[C@@H](c2ccccc2)N2CCC(=O)N12. The van der Waals surface area contributed by atoms with E-state index in [0.29, 0.717) is 19.5 Å². The van der Waals surface area contributed by atoms with E-state index in [0.717, 1.165) is 11.1 Å². The Balaban J connectivity index is 1.53. The largest absolute Gasteiger partial charge is 0.273 e. The van der Waals surface area contributed by atoms with Crippen LogP contribution in [0, 0.1) is 5.92 Å². The molecule has 0 unspecified atom stereocenters. The number of carbonyl (C=O) groups is 3. The Kier molecular flexibility index (Phi) is 5.34. The predicted octanol–water partition coefficient (Wildman–Crippen LogP) is 3.15. The maximum absolute atomic E-state index is 14.2. The number of benzene rings is 2. The van der Waals surface area contributed by atoms with Crippen molar-refractivity contribution < 1.29 is 14.4 Å². The van der Waals surface area contributed by atoms with Crippen LogP contribution in [0.5, 0.6) is 0 Å². The summed E-state index contributed by atoms with van der Waals surface area (Å²) >= 11 is 0. The molecular weight excluding hydrogens is 416 g/mol. The zero-order valence-electron chi connectivity index (χ0n) is 19.3. The van der Waals surface area contributed by atoms with Crippen LogP contribution >= 0.6 is 0 Å². The summed E-state index contributed by atoms with van der Waals surface area (Å²) in [6, 6.07) is 19.1. The van der Waals surface area contributed by atoms with Gasteiger partial charge in [-0.05, 0) is 31.9 Å². The molecule has 2 aromatic carbocycles. The van der Waals surface area contributed by atoms with Crippen LogP contribution in [0.3, 0.4) is 0 Å². The molecule has 3 fully saturated rings. The topological polar surface area (TPSA) is 64.2 Å². The van der Waals surface area contributed by atoms with Crippen LogP contribution in [-0.4, -0.2) is 55.9 Å². The molecule has 3 aliphatic rings. The fourth-order valence-electron chi connectivity index (χ4n) is 5.65. The molecule has 0 bridgehead atoms. The van der Waals surface area contributed by atoms with E-state index in [-0.39, 0.29) is 36.2 Å². The van der Waals surface area contributed by atoms with Gasteiger partial charge in [-0.15, -0.1) is 0 Å². The maximum atomic E-state index is 14.2. The number of hydrogen-bond acceptors (Lipinski definition) is 5. The Morgan fingerprint density at radius 3 is 2.27 bits per heavy atom. The molecule has 2 aromatic rings. The van der Waals surface area contributed by atoms with Gasteiger partial charge in [0.2, 0.25) is 11.8 Å². The maximum Gasteiger partial charge on any atom is 0.251 e. The van der Waals surface area contributed by atoms with E-state index in [1.54, 1.807) is 5.01 Å². The first-order chi connectivity index (χ1) is 15.8. The van der Waals surface area contributed by atoms with Crippen molar-refractivity contribution in [2.24, 2.45) is 5.92 Å². The lowest BCUT2D eigenvalue weighted by molar-refractivity contribution is -0.165. The minimum absolute atomic E-state index is 0.0351. The molecule has 3 aliphatic heterocycles. The van der Waals surface area contributed by atoms with E-state index in [2.05, 4.69) is 0 Å². The van der Waals surface area contributed by atoms with E-state index in [1.165, 1.54) is 5.01 Å². The highest BCUT2D eigenvalue weighted by Crippen LogP contribution is 2.46. The number of hydrazine groups is 2. The number of nitrogens with zero attached hydrogens (tertiary/aromatic N) is 4. The standard InChI is InChI=1S/C26H30N4O3/c1-18-23(24(20-12-8-5-9-13-20)27-15-14-21(31)29(18)27)25(33)30-22(32)16-26(2,3)28(30)17-19-10-6-4-7-11-19/h4-13,18,23-24H,14-17H2,1-3H3/t18-,23-,24-/m1/s1. The van der Waals surface area contributed by atoms with Crippen LogP contribution in [0.15, 0.2) is 60.7 Å². The number of imide groups is 1. The molecule has 7 nitrogen and oxygen atoms in total. The molecule has 7 heteroatoms. The summed E-state index contributed by atoms with van der Waals surface area (Å²) in [5, 5.41) is 7.05. The first kappa shape index (κ1) is 21.8. The summed E-state index contributed by atoms with van der Waals surface area (Å²) in [6.07, 6.45) is 0.722. The van der Waals surface area contributed by atoms with Crippen LogP contribution in [0.2, 0.25) is 0 Å². The highest BCUT2D eigenvalue weighted by molar-refractivity contribution is 5.99. The summed E-state index contributed by atoms with van der Waals surface area (Å²) in [6.45, 7) is 6.97. The quantitative estimate of drug-likeness (QED) is 0.675. The van der Waals surface area contributed by atoms with Gasteiger partial charge < -0.3 is 0 Å². The molecule has 5 rings (SSSR count). The number of rotatable bonds is 4. The molecule has 0 aromatic heterocycles. The lowest BCUT2D eigenvalue weighted by Crippen LogP contribution is -2.53. The molecule has 33 heavy (non-hydrogen) atoms. The summed E-state index contributed by atoms with van der Waals surface area (Å²) in [5.41, 5.74) is 1.54. The molecular formula is C26H30N4O3. The Morgan fingerprint density at radius 1 is 0.970 bits per heavy atom. The van der Waals surface area contributed by atoms with E-state index < -0.39 is 11.5 Å². The molecule has 172 valence electrons. The lowest BCUT2D eigenvalue weighted by atomic mass is 9.88. The Labute approximate surface area is 194 Å². The zero-order valence-corrected chi connectivity index (χ0v) is 19.3. The third-order valence-electron chi connectivity index (χ3n) is 7.22. The summed E-state index contributed by atoms with van der Waals surface area (Å²) in [7, 11) is 0. The fourth-order valence-corrected chi connectivity index (χ4v) is 5.65. The van der Waals surface area contributed by atoms with Crippen LogP contribution in [0.25, 0.3) is 0 Å². The van der Waals surface area contributed by atoms with Crippen molar-refractivity contribution in [1.29, 1.82) is 0 Å². The third-order valence-corrected chi connectivity index (χ3v) is 7.22. The van der Waals surface area contributed by atoms with Gasteiger partial charge in [-0.3, -0.25) is 19.4 Å². The molecule has 0 saturated carbocycles. The normalized spacial score (nSPS) is 27.4. The van der Waals surface area contributed by atoms with Gasteiger partial charge in [-0.25, -0.2) is 15.0 Å². The first-order valence-electron chi connectivity index (χ1n) is 11.6. The average molecular weight is 447 g/mol. The van der Waals surface area contributed by atoms with Gasteiger partial charge in [0.25, 0.3) is 5.91 Å². The Hall–Kier alpha value is -3.03. The molecule has 3 heterocycles. The Bertz CT molecular complexity index is 1070. The Morgan fingerprint density at radius 2 is 1.61 bits per heavy atom. The van der Waals surface area contributed by atoms with Crippen LogP contribution in [-0.2, 0) is 20.9 Å². The fraction of sp³-hybridized carbons (Fsp3) is 0.423. The highest BCUT2D eigenvalue weighted by atomic mass is 16.2. The molecule has 0 radical (unpaired) electrons. The van der Waals surface area contributed by atoms with Gasteiger partial charge in [0.05, 0.1) is 18.0 Å². The van der Waals surface area contributed by atoms with Gasteiger partial charge in [-0.1, -0.05) is 60.7 Å². The third kappa shape index (κ3) is 3.56. The van der Waals surface area contributed by atoms with Gasteiger partial charge >= 0.3 is 0 Å². The van der Waals surface area contributed by atoms with Crippen molar-refractivity contribution >= 4 is 17.7 Å². The molecule has 0 spiro atoms. The second kappa shape index (κ2) is 8.08. The second-order valence-corrected chi connectivity index (χ2v) is 9.85. The predicted molar refractivity (Wildman–Crippen MR) is 123 cm³/mol. The number of carbonyl (C=O) groups excluding carboxylic acids is 3. The first-order valence-corrected chi connectivity index (χ1v) is 11.6. The zero-order chi connectivity index (χ0) is 23.3. The number of fused-ring (bicyclic) bond motifs is 1. The summed E-state index contributed by atoms with van der Waals surface area (Å²) in [4.78, 5) is 40.1. The smallest absolute Gasteiger partial charge is 0.251 e. The van der Waals surface area contributed by atoms with Crippen molar-refractivity contribution in [2.45, 2.75) is 57.8 Å². The van der Waals surface area contributed by atoms with Gasteiger partial charge in [0.1, 0.15) is 0 Å². The molecule has 0 N–H and O–H groups in total. The lowest BCUT2D eigenvalue weighted by Gasteiger charge is -2.37. The summed E-state index contributed by atoms with van der Waals surface area (Å²) < 4.78 is 0. The minimum Gasteiger partial charge on any atom is -0.273 e. The van der Waals surface area contributed by atoms with Gasteiger partial charge in [-0.2, -0.15) is 0 Å². The van der Waals surface area contributed by atoms with Crippen molar-refractivity contribution in [3.8, 4) is 0 Å². The van der Waals surface area contributed by atoms with E-state index in [4.69, 9.17) is 0 Å². The van der Waals surface area contributed by atoms with Crippen molar-refractivity contribution in [3.05, 3.63) is 71.8 Å². The van der Waals surface area contributed by atoms with Gasteiger partial charge in [0, 0.05) is 31.5 Å². The van der Waals surface area contributed by atoms with Crippen LogP contribution < -0.4 is 0 Å². The second-order valence-electron chi connectivity index (χ2n) is 9.85. The highest BCUT2D eigenvalue weighted by Gasteiger charge is 2.57. The molecule has 0 aliphatic carbocycles. The van der Waals surface area contributed by atoms with E-state index in [9.17, 15) is 14.4 Å². The van der Waals surface area contributed by atoms with Crippen LogP contribution in [0.1, 0.15) is 50.8 Å². The number of hydrogen-bond donors (Lipinski definition) is 0. The molecule has 3 amide bonds. The average Bonchev–Trinajstić information content (AvgIpc) is 3.39. The van der Waals surface area contributed by atoms with Crippen molar-refractivity contribution in [3.63, 3.8) is 0 Å². The monoisotopic (exact) mass is 446 g/mol. The van der Waals surface area contributed by atoms with Crippen molar-refractivity contribution in [2.75, 3.05) is 6.54 Å².